The van der Waals surface area contributed by atoms with Gasteiger partial charge in [-0.2, -0.15) is 5.10 Å². The normalized spacial score (nSPS) is 27.3. The van der Waals surface area contributed by atoms with E-state index in [-0.39, 0.29) is 23.8 Å². The number of aromatic nitrogens is 3. The molecule has 0 radical (unpaired) electrons. The smallest absolute Gasteiger partial charge is 0.407 e. The minimum absolute atomic E-state index is 0.00528. The van der Waals surface area contributed by atoms with Crippen molar-refractivity contribution in [1.29, 1.82) is 0 Å². The summed E-state index contributed by atoms with van der Waals surface area (Å²) >= 11 is 0. The molecule has 1 aromatic rings. The molecule has 1 aromatic heterocycles. The highest BCUT2D eigenvalue weighted by Gasteiger charge is 2.48. The van der Waals surface area contributed by atoms with E-state index in [4.69, 9.17) is 4.74 Å². The SMILES string of the molecule is CCOC(=O)N[C@@H]1CCCN(C(=O)[C@@H]2C[C@@H]2c2ncn[nH]2)C1. The van der Waals surface area contributed by atoms with Gasteiger partial charge in [-0.1, -0.05) is 0 Å². The number of piperidine rings is 1. The van der Waals surface area contributed by atoms with Crippen LogP contribution in [0.5, 0.6) is 0 Å². The molecule has 2 fully saturated rings. The van der Waals surface area contributed by atoms with Crippen LogP contribution in [-0.4, -0.2) is 57.8 Å². The van der Waals surface area contributed by atoms with E-state index in [1.165, 1.54) is 6.33 Å². The van der Waals surface area contributed by atoms with Crippen LogP contribution in [0.25, 0.3) is 0 Å². The molecule has 3 rings (SSSR count). The number of nitrogens with one attached hydrogen (secondary N) is 2. The molecule has 8 nitrogen and oxygen atoms in total. The average Bonchev–Trinajstić information content (AvgIpc) is 3.12. The summed E-state index contributed by atoms with van der Waals surface area (Å²) in [5.41, 5.74) is 0. The lowest BCUT2D eigenvalue weighted by atomic mass is 10.1. The first kappa shape index (κ1) is 14.8. The second kappa shape index (κ2) is 6.33. The molecule has 0 aromatic carbocycles. The Morgan fingerprint density at radius 2 is 2.41 bits per heavy atom. The maximum atomic E-state index is 12.5. The van der Waals surface area contributed by atoms with Crippen molar-refractivity contribution in [2.45, 2.75) is 38.1 Å². The largest absolute Gasteiger partial charge is 0.450 e. The number of hydrogen-bond donors (Lipinski definition) is 2. The molecule has 1 aliphatic heterocycles. The van der Waals surface area contributed by atoms with Gasteiger partial charge in [-0.05, 0) is 26.2 Å². The molecule has 2 N–H and O–H groups in total. The number of likely N-dealkylation sites (tertiary alicyclic amines) is 1. The lowest BCUT2D eigenvalue weighted by Crippen LogP contribution is -2.50. The zero-order valence-corrected chi connectivity index (χ0v) is 12.6. The molecular formula is C14H21N5O3. The predicted molar refractivity (Wildman–Crippen MR) is 77.0 cm³/mol. The van der Waals surface area contributed by atoms with E-state index in [1.54, 1.807) is 6.92 Å². The van der Waals surface area contributed by atoms with Crippen molar-refractivity contribution in [3.05, 3.63) is 12.2 Å². The van der Waals surface area contributed by atoms with E-state index in [0.29, 0.717) is 13.2 Å². The Kier molecular flexibility index (Phi) is 4.26. The van der Waals surface area contributed by atoms with Crippen LogP contribution in [0, 0.1) is 5.92 Å². The van der Waals surface area contributed by atoms with Gasteiger partial charge >= 0.3 is 6.09 Å². The quantitative estimate of drug-likeness (QED) is 0.850. The molecule has 0 unspecified atom stereocenters. The highest BCUT2D eigenvalue weighted by Crippen LogP contribution is 2.47. The molecule has 2 amide bonds. The van der Waals surface area contributed by atoms with Crippen molar-refractivity contribution in [2.24, 2.45) is 5.92 Å². The average molecular weight is 307 g/mol. The molecule has 1 saturated carbocycles. The van der Waals surface area contributed by atoms with Gasteiger partial charge in [-0.15, -0.1) is 0 Å². The number of H-pyrrole nitrogens is 1. The van der Waals surface area contributed by atoms with Gasteiger partial charge in [0.2, 0.25) is 5.91 Å². The fourth-order valence-electron chi connectivity index (χ4n) is 3.03. The highest BCUT2D eigenvalue weighted by atomic mass is 16.5. The zero-order chi connectivity index (χ0) is 15.5. The Hall–Kier alpha value is -2.12. The molecule has 0 bridgehead atoms. The van der Waals surface area contributed by atoms with Crippen LogP contribution in [0.4, 0.5) is 4.79 Å². The topological polar surface area (TPSA) is 100 Å². The Morgan fingerprint density at radius 3 is 3.14 bits per heavy atom. The number of aromatic amines is 1. The van der Waals surface area contributed by atoms with Crippen LogP contribution in [0.3, 0.4) is 0 Å². The lowest BCUT2D eigenvalue weighted by molar-refractivity contribution is -0.134. The summed E-state index contributed by atoms with van der Waals surface area (Å²) < 4.78 is 4.89. The minimum Gasteiger partial charge on any atom is -0.450 e. The van der Waals surface area contributed by atoms with Gasteiger partial charge < -0.3 is 15.0 Å². The standard InChI is InChI=1S/C14H21N5O3/c1-2-22-14(21)17-9-4-3-5-19(7-9)13(20)11-6-10(11)12-15-8-16-18-12/h8-11H,2-7H2,1H3,(H,17,21)(H,15,16,18)/t9-,10+,11-/m1/s1. The fraction of sp³-hybridized carbons (Fsp3) is 0.714. The molecule has 2 aliphatic rings. The van der Waals surface area contributed by atoms with Crippen molar-refractivity contribution in [3.8, 4) is 0 Å². The van der Waals surface area contributed by atoms with Gasteiger partial charge in [0.1, 0.15) is 12.2 Å². The Morgan fingerprint density at radius 1 is 1.55 bits per heavy atom. The molecular weight excluding hydrogens is 286 g/mol. The van der Waals surface area contributed by atoms with Crippen molar-refractivity contribution in [2.75, 3.05) is 19.7 Å². The first-order valence-corrected chi connectivity index (χ1v) is 7.76. The van der Waals surface area contributed by atoms with E-state index in [2.05, 4.69) is 20.5 Å². The first-order valence-electron chi connectivity index (χ1n) is 7.76. The second-order valence-corrected chi connectivity index (χ2v) is 5.81. The van der Waals surface area contributed by atoms with Crippen LogP contribution in [-0.2, 0) is 9.53 Å². The molecule has 120 valence electrons. The van der Waals surface area contributed by atoms with Gasteiger partial charge in [0.15, 0.2) is 0 Å². The lowest BCUT2D eigenvalue weighted by Gasteiger charge is -2.33. The fourth-order valence-corrected chi connectivity index (χ4v) is 3.03. The third kappa shape index (κ3) is 3.20. The molecule has 3 atom stereocenters. The van der Waals surface area contributed by atoms with Crippen LogP contribution >= 0.6 is 0 Å². The van der Waals surface area contributed by atoms with Gasteiger partial charge in [-0.25, -0.2) is 9.78 Å². The van der Waals surface area contributed by atoms with Crippen molar-refractivity contribution >= 4 is 12.0 Å². The van der Waals surface area contributed by atoms with E-state index < -0.39 is 6.09 Å². The maximum absolute atomic E-state index is 12.5. The van der Waals surface area contributed by atoms with Gasteiger partial charge in [0, 0.05) is 31.0 Å². The maximum Gasteiger partial charge on any atom is 0.407 e. The second-order valence-electron chi connectivity index (χ2n) is 5.81. The van der Waals surface area contributed by atoms with Crippen molar-refractivity contribution in [3.63, 3.8) is 0 Å². The number of amides is 2. The number of carbonyl (C=O) groups excluding carboxylic acids is 2. The van der Waals surface area contributed by atoms with Gasteiger partial charge in [0.25, 0.3) is 0 Å². The van der Waals surface area contributed by atoms with E-state index >= 15 is 0 Å². The van der Waals surface area contributed by atoms with E-state index in [9.17, 15) is 9.59 Å². The minimum atomic E-state index is -0.409. The summed E-state index contributed by atoms with van der Waals surface area (Å²) in [5, 5.41) is 9.48. The monoisotopic (exact) mass is 307 g/mol. The number of rotatable bonds is 4. The Labute approximate surface area is 128 Å². The third-order valence-corrected chi connectivity index (χ3v) is 4.22. The Bertz CT molecular complexity index is 533. The number of nitrogens with zero attached hydrogens (tertiary/aromatic N) is 3. The Balaban J connectivity index is 1.52. The molecule has 8 heteroatoms. The van der Waals surface area contributed by atoms with Gasteiger partial charge in [0.05, 0.1) is 6.61 Å². The zero-order valence-electron chi connectivity index (χ0n) is 12.6. The predicted octanol–water partition coefficient (Wildman–Crippen LogP) is 0.645. The molecule has 1 aliphatic carbocycles. The number of ether oxygens (including phenoxy) is 1. The van der Waals surface area contributed by atoms with E-state index in [1.807, 2.05) is 4.90 Å². The highest BCUT2D eigenvalue weighted by molar-refractivity contribution is 5.83. The number of hydrogen-bond acceptors (Lipinski definition) is 5. The number of carbonyl (C=O) groups is 2. The summed E-state index contributed by atoms with van der Waals surface area (Å²) in [4.78, 5) is 30.0. The van der Waals surface area contributed by atoms with Crippen LogP contribution in [0.15, 0.2) is 6.33 Å². The van der Waals surface area contributed by atoms with Crippen LogP contribution in [0.2, 0.25) is 0 Å². The summed E-state index contributed by atoms with van der Waals surface area (Å²) in [6.07, 6.45) is 3.64. The van der Waals surface area contributed by atoms with Crippen molar-refractivity contribution in [1.82, 2.24) is 25.4 Å². The van der Waals surface area contributed by atoms with Crippen LogP contribution in [0.1, 0.15) is 37.9 Å². The van der Waals surface area contributed by atoms with Crippen LogP contribution < -0.4 is 5.32 Å². The third-order valence-electron chi connectivity index (χ3n) is 4.22. The molecule has 22 heavy (non-hydrogen) atoms. The summed E-state index contributed by atoms with van der Waals surface area (Å²) in [7, 11) is 0. The summed E-state index contributed by atoms with van der Waals surface area (Å²) in [6.45, 7) is 3.42. The summed E-state index contributed by atoms with van der Waals surface area (Å²) in [6, 6.07) is -0.0285. The summed E-state index contributed by atoms with van der Waals surface area (Å²) in [5.74, 6) is 1.09. The van der Waals surface area contributed by atoms with Crippen molar-refractivity contribution < 1.29 is 14.3 Å². The number of alkyl carbamates (subject to hydrolysis) is 1. The molecule has 0 spiro atoms. The van der Waals surface area contributed by atoms with Gasteiger partial charge in [-0.3, -0.25) is 9.89 Å². The molecule has 1 saturated heterocycles. The first-order chi connectivity index (χ1) is 10.7. The molecule has 2 heterocycles. The van der Waals surface area contributed by atoms with E-state index in [0.717, 1.165) is 31.6 Å².